The van der Waals surface area contributed by atoms with Gasteiger partial charge in [-0.2, -0.15) is 0 Å². The number of ether oxygens (including phenoxy) is 1. The van der Waals surface area contributed by atoms with Crippen molar-refractivity contribution in [2.45, 2.75) is 0 Å². The largest absolute Gasteiger partial charge is 0.496 e. The van der Waals surface area contributed by atoms with Crippen LogP contribution in [0.2, 0.25) is 0 Å². The first-order chi connectivity index (χ1) is 8.24. The number of methoxy groups -OCH3 is 1. The average molecular weight is 228 g/mol. The van der Waals surface area contributed by atoms with Gasteiger partial charge in [-0.3, -0.25) is 0 Å². The van der Waals surface area contributed by atoms with E-state index in [9.17, 15) is 4.39 Å². The monoisotopic (exact) mass is 228 g/mol. The minimum Gasteiger partial charge on any atom is -0.496 e. The average Bonchev–Trinajstić information content (AvgIpc) is 2.39. The summed E-state index contributed by atoms with van der Waals surface area (Å²) in [6.45, 7) is 3.73. The maximum Gasteiger partial charge on any atom is 0.126 e. The topological polar surface area (TPSA) is 9.23 Å². The molecular formula is C15H13FO. The highest BCUT2D eigenvalue weighted by molar-refractivity contribution is 5.73. The van der Waals surface area contributed by atoms with E-state index in [1.165, 1.54) is 12.1 Å². The highest BCUT2D eigenvalue weighted by atomic mass is 19.1. The summed E-state index contributed by atoms with van der Waals surface area (Å²) in [4.78, 5) is 0. The molecule has 2 aromatic rings. The Bertz CT molecular complexity index is 529. The predicted molar refractivity (Wildman–Crippen MR) is 68.5 cm³/mol. The van der Waals surface area contributed by atoms with Crippen LogP contribution in [0.3, 0.4) is 0 Å². The fraction of sp³-hybridized carbons (Fsp3) is 0.0667. The molecule has 0 atom stereocenters. The van der Waals surface area contributed by atoms with Gasteiger partial charge in [0.25, 0.3) is 0 Å². The quantitative estimate of drug-likeness (QED) is 0.767. The molecule has 17 heavy (non-hydrogen) atoms. The Labute approximate surface area is 100 Å². The van der Waals surface area contributed by atoms with E-state index in [2.05, 4.69) is 6.58 Å². The van der Waals surface area contributed by atoms with Gasteiger partial charge in [0, 0.05) is 5.56 Å². The SMILES string of the molecule is C=Cc1ccc(OC)c(-c2ccc(F)cc2)c1. The van der Waals surface area contributed by atoms with E-state index in [1.807, 2.05) is 18.2 Å². The summed E-state index contributed by atoms with van der Waals surface area (Å²) in [7, 11) is 1.62. The Morgan fingerprint density at radius 1 is 1.12 bits per heavy atom. The van der Waals surface area contributed by atoms with Crippen molar-refractivity contribution in [3.63, 3.8) is 0 Å². The van der Waals surface area contributed by atoms with Crippen LogP contribution in [0, 0.1) is 5.82 Å². The molecule has 0 aliphatic carbocycles. The number of benzene rings is 2. The Hall–Kier alpha value is -2.09. The second kappa shape index (κ2) is 4.83. The first kappa shape index (κ1) is 11.4. The third kappa shape index (κ3) is 2.36. The molecule has 86 valence electrons. The van der Waals surface area contributed by atoms with Crippen LogP contribution in [0.1, 0.15) is 5.56 Å². The van der Waals surface area contributed by atoms with Gasteiger partial charge >= 0.3 is 0 Å². The zero-order chi connectivity index (χ0) is 12.3. The van der Waals surface area contributed by atoms with Crippen molar-refractivity contribution >= 4 is 6.08 Å². The Balaban J connectivity index is 2.55. The normalized spacial score (nSPS) is 10.0. The zero-order valence-electron chi connectivity index (χ0n) is 9.61. The minimum atomic E-state index is -0.243. The second-order valence-corrected chi connectivity index (χ2v) is 3.67. The van der Waals surface area contributed by atoms with E-state index in [0.29, 0.717) is 0 Å². The van der Waals surface area contributed by atoms with E-state index >= 15 is 0 Å². The van der Waals surface area contributed by atoms with Crippen LogP contribution in [0.5, 0.6) is 5.75 Å². The van der Waals surface area contributed by atoms with Crippen molar-refractivity contribution in [3.8, 4) is 16.9 Å². The standard InChI is InChI=1S/C15H13FO/c1-3-11-4-9-15(17-2)14(10-11)12-5-7-13(16)8-6-12/h3-10H,1H2,2H3. The molecule has 1 nitrogen and oxygen atoms in total. The van der Waals surface area contributed by atoms with Crippen LogP contribution in [0.15, 0.2) is 49.0 Å². The highest BCUT2D eigenvalue weighted by Gasteiger charge is 2.06. The molecule has 0 amide bonds. The summed E-state index contributed by atoms with van der Waals surface area (Å²) in [5.74, 6) is 0.523. The molecule has 0 aromatic heterocycles. The van der Waals surface area contributed by atoms with Crippen LogP contribution >= 0.6 is 0 Å². The lowest BCUT2D eigenvalue weighted by Crippen LogP contribution is -1.89. The number of rotatable bonds is 3. The van der Waals surface area contributed by atoms with E-state index in [4.69, 9.17) is 4.74 Å². The summed E-state index contributed by atoms with van der Waals surface area (Å²) in [5.41, 5.74) is 2.86. The zero-order valence-corrected chi connectivity index (χ0v) is 9.61. The van der Waals surface area contributed by atoms with Crippen molar-refractivity contribution in [2.24, 2.45) is 0 Å². The fourth-order valence-electron chi connectivity index (χ4n) is 1.71. The maximum atomic E-state index is 12.9. The molecular weight excluding hydrogens is 215 g/mol. The van der Waals surface area contributed by atoms with E-state index in [0.717, 1.165) is 22.4 Å². The van der Waals surface area contributed by atoms with Crippen molar-refractivity contribution < 1.29 is 9.13 Å². The summed E-state index contributed by atoms with van der Waals surface area (Å²) < 4.78 is 18.2. The van der Waals surface area contributed by atoms with Gasteiger partial charge in [0.15, 0.2) is 0 Å². The van der Waals surface area contributed by atoms with Crippen molar-refractivity contribution in [3.05, 3.63) is 60.4 Å². The van der Waals surface area contributed by atoms with E-state index < -0.39 is 0 Å². The van der Waals surface area contributed by atoms with Crippen LogP contribution in [-0.4, -0.2) is 7.11 Å². The molecule has 2 rings (SSSR count). The molecule has 0 radical (unpaired) electrons. The molecule has 0 unspecified atom stereocenters. The third-order valence-electron chi connectivity index (χ3n) is 2.61. The van der Waals surface area contributed by atoms with E-state index in [1.54, 1.807) is 25.3 Å². The molecule has 0 spiro atoms. The minimum absolute atomic E-state index is 0.243. The number of hydrogen-bond acceptors (Lipinski definition) is 1. The lowest BCUT2D eigenvalue weighted by Gasteiger charge is -2.09. The highest BCUT2D eigenvalue weighted by Crippen LogP contribution is 2.31. The molecule has 0 fully saturated rings. The first-order valence-corrected chi connectivity index (χ1v) is 5.31. The van der Waals surface area contributed by atoms with Gasteiger partial charge in [0.1, 0.15) is 11.6 Å². The molecule has 2 heteroatoms. The van der Waals surface area contributed by atoms with Crippen LogP contribution < -0.4 is 4.74 Å². The van der Waals surface area contributed by atoms with Crippen LogP contribution in [-0.2, 0) is 0 Å². The maximum absolute atomic E-state index is 12.9. The number of hydrogen-bond donors (Lipinski definition) is 0. The molecule has 0 saturated heterocycles. The molecule has 0 aliphatic rings. The molecule has 0 heterocycles. The fourth-order valence-corrected chi connectivity index (χ4v) is 1.71. The number of halogens is 1. The Kier molecular flexibility index (Phi) is 3.24. The summed E-state index contributed by atoms with van der Waals surface area (Å²) in [6, 6.07) is 12.1. The third-order valence-corrected chi connectivity index (χ3v) is 2.61. The first-order valence-electron chi connectivity index (χ1n) is 5.31. The van der Waals surface area contributed by atoms with Crippen molar-refractivity contribution in [1.29, 1.82) is 0 Å². The van der Waals surface area contributed by atoms with Gasteiger partial charge in [-0.25, -0.2) is 4.39 Å². The molecule has 0 saturated carbocycles. The molecule has 2 aromatic carbocycles. The predicted octanol–water partition coefficient (Wildman–Crippen LogP) is 4.14. The molecule has 0 aliphatic heterocycles. The van der Waals surface area contributed by atoms with Gasteiger partial charge in [-0.15, -0.1) is 0 Å². The smallest absolute Gasteiger partial charge is 0.126 e. The van der Waals surface area contributed by atoms with Crippen LogP contribution in [0.25, 0.3) is 17.2 Å². The van der Waals surface area contributed by atoms with Crippen molar-refractivity contribution in [2.75, 3.05) is 7.11 Å². The summed E-state index contributed by atoms with van der Waals surface area (Å²) in [6.07, 6.45) is 1.77. The lowest BCUT2D eigenvalue weighted by atomic mass is 10.0. The van der Waals surface area contributed by atoms with E-state index in [-0.39, 0.29) is 5.82 Å². The van der Waals surface area contributed by atoms with Gasteiger partial charge in [-0.1, -0.05) is 30.9 Å². The van der Waals surface area contributed by atoms with Crippen molar-refractivity contribution in [1.82, 2.24) is 0 Å². The Morgan fingerprint density at radius 2 is 1.82 bits per heavy atom. The summed E-state index contributed by atoms with van der Waals surface area (Å²) in [5, 5.41) is 0. The summed E-state index contributed by atoms with van der Waals surface area (Å²) >= 11 is 0. The second-order valence-electron chi connectivity index (χ2n) is 3.67. The van der Waals surface area contributed by atoms with Gasteiger partial charge in [-0.05, 0) is 35.4 Å². The van der Waals surface area contributed by atoms with Crippen LogP contribution in [0.4, 0.5) is 4.39 Å². The van der Waals surface area contributed by atoms with Gasteiger partial charge < -0.3 is 4.74 Å². The molecule has 0 N–H and O–H groups in total. The van der Waals surface area contributed by atoms with Gasteiger partial charge in [0.05, 0.1) is 7.11 Å². The van der Waals surface area contributed by atoms with Gasteiger partial charge in [0.2, 0.25) is 0 Å². The molecule has 0 bridgehead atoms. The Morgan fingerprint density at radius 3 is 2.41 bits per heavy atom. The lowest BCUT2D eigenvalue weighted by molar-refractivity contribution is 0.416.